The third-order valence-corrected chi connectivity index (χ3v) is 6.20. The molecule has 5 nitrogen and oxygen atoms in total. The number of methoxy groups -OCH3 is 2. The van der Waals surface area contributed by atoms with Gasteiger partial charge in [-0.3, -0.25) is 14.4 Å². The summed E-state index contributed by atoms with van der Waals surface area (Å²) in [6.07, 6.45) is 3.42. The number of rotatable bonds is 3. The highest BCUT2D eigenvalue weighted by Gasteiger charge is 2.54. The van der Waals surface area contributed by atoms with Crippen molar-refractivity contribution < 1.29 is 23.9 Å². The summed E-state index contributed by atoms with van der Waals surface area (Å²) in [7, 11) is 2.53. The van der Waals surface area contributed by atoms with Gasteiger partial charge in [0.25, 0.3) is 0 Å². The lowest BCUT2D eigenvalue weighted by Crippen LogP contribution is -2.38. The summed E-state index contributed by atoms with van der Waals surface area (Å²) in [6, 6.07) is 9.97. The Morgan fingerprint density at radius 3 is 2.14 bits per heavy atom. The third kappa shape index (κ3) is 3.19. The summed E-state index contributed by atoms with van der Waals surface area (Å²) in [6.45, 7) is 3.87. The first-order valence-electron chi connectivity index (χ1n) is 9.42. The second kappa shape index (κ2) is 7.38. The summed E-state index contributed by atoms with van der Waals surface area (Å²) in [5, 5.41) is 0. The Morgan fingerprint density at radius 1 is 0.964 bits per heavy atom. The highest BCUT2D eigenvalue weighted by atomic mass is 16.5. The Labute approximate surface area is 165 Å². The van der Waals surface area contributed by atoms with Gasteiger partial charge in [-0.25, -0.2) is 0 Å². The van der Waals surface area contributed by atoms with Crippen LogP contribution in [0.2, 0.25) is 0 Å². The van der Waals surface area contributed by atoms with Crippen LogP contribution in [0.4, 0.5) is 0 Å². The first-order chi connectivity index (χ1) is 13.3. The summed E-state index contributed by atoms with van der Waals surface area (Å²) in [5.74, 6) is -1.20. The molecule has 1 aromatic carbocycles. The smallest absolute Gasteiger partial charge is 0.323 e. The van der Waals surface area contributed by atoms with Crippen molar-refractivity contribution in [3.05, 3.63) is 58.7 Å². The number of carbonyl (C=O) groups excluding carboxylic acids is 3. The molecule has 1 aromatic rings. The molecule has 0 heterocycles. The lowest BCUT2D eigenvalue weighted by Gasteiger charge is -2.30. The van der Waals surface area contributed by atoms with Gasteiger partial charge >= 0.3 is 11.9 Å². The maximum atomic E-state index is 13.1. The summed E-state index contributed by atoms with van der Waals surface area (Å²) < 4.78 is 9.85. The number of hydrogen-bond acceptors (Lipinski definition) is 5. The zero-order valence-electron chi connectivity index (χ0n) is 16.8. The molecule has 0 bridgehead atoms. The minimum Gasteiger partial charge on any atom is -0.468 e. The van der Waals surface area contributed by atoms with E-state index in [2.05, 4.69) is 13.0 Å². The minimum atomic E-state index is -1.42. The van der Waals surface area contributed by atoms with E-state index in [1.54, 1.807) is 6.92 Å². The van der Waals surface area contributed by atoms with Crippen LogP contribution in [0.15, 0.2) is 53.1 Å². The molecule has 0 amide bonds. The average molecular weight is 382 g/mol. The van der Waals surface area contributed by atoms with E-state index in [4.69, 9.17) is 9.47 Å². The SMILES string of the molecule is COC(=O)C1(C(=O)OC)CC2=C/CC(C)(c3ccccc3)CC(=O)/C(C)=C\2C1. The Morgan fingerprint density at radius 2 is 1.57 bits per heavy atom. The molecule has 2 aliphatic carbocycles. The highest BCUT2D eigenvalue weighted by molar-refractivity contribution is 6.04. The number of ether oxygens (including phenoxy) is 2. The molecular weight excluding hydrogens is 356 g/mol. The predicted molar refractivity (Wildman–Crippen MR) is 105 cm³/mol. The number of allylic oxidation sites excluding steroid dienone is 4. The van der Waals surface area contributed by atoms with E-state index in [-0.39, 0.29) is 24.0 Å². The lowest BCUT2D eigenvalue weighted by atomic mass is 9.72. The van der Waals surface area contributed by atoms with Gasteiger partial charge in [0.05, 0.1) is 14.2 Å². The first kappa shape index (κ1) is 20.1. The fraction of sp³-hybridized carbons (Fsp3) is 0.435. The van der Waals surface area contributed by atoms with E-state index in [0.29, 0.717) is 18.4 Å². The van der Waals surface area contributed by atoms with E-state index in [9.17, 15) is 14.4 Å². The second-order valence-electron chi connectivity index (χ2n) is 7.98. The Bertz CT molecular complexity index is 862. The zero-order valence-corrected chi connectivity index (χ0v) is 16.8. The molecule has 1 unspecified atom stereocenters. The van der Waals surface area contributed by atoms with Crippen LogP contribution >= 0.6 is 0 Å². The fourth-order valence-corrected chi connectivity index (χ4v) is 4.38. The van der Waals surface area contributed by atoms with Crippen molar-refractivity contribution >= 4 is 17.7 Å². The van der Waals surface area contributed by atoms with Gasteiger partial charge in [0.1, 0.15) is 0 Å². The lowest BCUT2D eigenvalue weighted by molar-refractivity contribution is -0.168. The van der Waals surface area contributed by atoms with Gasteiger partial charge in [-0.2, -0.15) is 0 Å². The highest BCUT2D eigenvalue weighted by Crippen LogP contribution is 2.50. The molecule has 0 N–H and O–H groups in total. The standard InChI is InChI=1S/C23H26O5/c1-15-18-13-23(20(25)27-3,21(26)28-4)12-16(18)10-11-22(2,14-19(15)24)17-8-6-5-7-9-17/h5-10H,11-14H2,1-4H3/b16-10-,18-15-. The van der Waals surface area contributed by atoms with Crippen LogP contribution in [0.1, 0.15) is 45.1 Å². The number of esters is 2. The molecule has 5 heteroatoms. The van der Waals surface area contributed by atoms with Crippen LogP contribution in [-0.4, -0.2) is 31.9 Å². The number of hydrogen-bond donors (Lipinski definition) is 0. The number of Topliss-reactive ketones (excluding diaryl/α,β-unsaturated/α-hetero) is 1. The van der Waals surface area contributed by atoms with E-state index in [1.165, 1.54) is 14.2 Å². The van der Waals surface area contributed by atoms with Crippen LogP contribution in [0.5, 0.6) is 0 Å². The zero-order chi connectivity index (χ0) is 20.5. The van der Waals surface area contributed by atoms with Crippen molar-refractivity contribution in [1.29, 1.82) is 0 Å². The quantitative estimate of drug-likeness (QED) is 0.589. The van der Waals surface area contributed by atoms with E-state index in [1.807, 2.05) is 30.3 Å². The molecule has 1 saturated carbocycles. The topological polar surface area (TPSA) is 69.7 Å². The summed E-state index contributed by atoms with van der Waals surface area (Å²) in [4.78, 5) is 38.1. The van der Waals surface area contributed by atoms with Crippen LogP contribution in [0.3, 0.4) is 0 Å². The molecule has 1 atom stereocenters. The summed E-state index contributed by atoms with van der Waals surface area (Å²) >= 11 is 0. The molecule has 2 aliphatic rings. The van der Waals surface area contributed by atoms with Gasteiger partial charge < -0.3 is 9.47 Å². The number of benzene rings is 1. The molecule has 28 heavy (non-hydrogen) atoms. The van der Waals surface area contributed by atoms with Crippen molar-refractivity contribution in [1.82, 2.24) is 0 Å². The third-order valence-electron chi connectivity index (χ3n) is 6.20. The summed E-state index contributed by atoms with van der Waals surface area (Å²) in [5.41, 5.74) is 1.59. The minimum absolute atomic E-state index is 0.0393. The molecule has 0 radical (unpaired) electrons. The van der Waals surface area contributed by atoms with Gasteiger partial charge in [0.15, 0.2) is 11.2 Å². The van der Waals surface area contributed by atoms with Crippen molar-refractivity contribution in [2.45, 2.75) is 44.9 Å². The molecule has 0 saturated heterocycles. The Hall–Kier alpha value is -2.69. The van der Waals surface area contributed by atoms with Gasteiger partial charge in [-0.1, -0.05) is 43.3 Å². The van der Waals surface area contributed by atoms with Crippen molar-refractivity contribution in [3.63, 3.8) is 0 Å². The molecule has 0 spiro atoms. The normalized spacial score (nSPS) is 28.4. The Balaban J connectivity index is 2.08. The molecular formula is C23H26O5. The van der Waals surface area contributed by atoms with Crippen LogP contribution in [-0.2, 0) is 29.3 Å². The predicted octanol–water partition coefficient (Wildman–Crippen LogP) is 3.68. The maximum Gasteiger partial charge on any atom is 0.323 e. The van der Waals surface area contributed by atoms with Gasteiger partial charge in [0, 0.05) is 18.3 Å². The monoisotopic (exact) mass is 382 g/mol. The number of ketones is 1. The number of fused-ring (bicyclic) bond motifs is 1. The van der Waals surface area contributed by atoms with Crippen LogP contribution in [0.25, 0.3) is 0 Å². The van der Waals surface area contributed by atoms with E-state index < -0.39 is 17.4 Å². The number of carbonyl (C=O) groups is 3. The average Bonchev–Trinajstić information content (AvgIpc) is 3.11. The Kier molecular flexibility index (Phi) is 5.28. The van der Waals surface area contributed by atoms with Gasteiger partial charge in [-0.05, 0) is 42.0 Å². The maximum absolute atomic E-state index is 13.1. The van der Waals surface area contributed by atoms with Gasteiger partial charge in [0.2, 0.25) is 0 Å². The molecule has 1 fully saturated rings. The molecule has 0 aromatic heterocycles. The fourth-order valence-electron chi connectivity index (χ4n) is 4.38. The van der Waals surface area contributed by atoms with Crippen molar-refractivity contribution in [2.24, 2.45) is 5.41 Å². The van der Waals surface area contributed by atoms with Crippen LogP contribution in [0, 0.1) is 5.41 Å². The van der Waals surface area contributed by atoms with Gasteiger partial charge in [-0.15, -0.1) is 0 Å². The van der Waals surface area contributed by atoms with E-state index >= 15 is 0 Å². The van der Waals surface area contributed by atoms with Crippen molar-refractivity contribution in [3.8, 4) is 0 Å². The second-order valence-corrected chi connectivity index (χ2v) is 7.98. The van der Waals surface area contributed by atoms with E-state index in [0.717, 1.165) is 16.7 Å². The molecule has 148 valence electrons. The largest absolute Gasteiger partial charge is 0.468 e. The first-order valence-corrected chi connectivity index (χ1v) is 9.42. The van der Waals surface area contributed by atoms with Crippen LogP contribution < -0.4 is 0 Å². The molecule has 3 rings (SSSR count). The van der Waals surface area contributed by atoms with Crippen molar-refractivity contribution in [2.75, 3.05) is 14.2 Å². The molecule has 0 aliphatic heterocycles.